The highest BCUT2D eigenvalue weighted by atomic mass is 16.5. The third-order valence-electron chi connectivity index (χ3n) is 2.84. The molecule has 0 radical (unpaired) electrons. The van der Waals surface area contributed by atoms with Crippen molar-refractivity contribution in [2.45, 2.75) is 44.9 Å². The first-order valence-corrected chi connectivity index (χ1v) is 5.62. The van der Waals surface area contributed by atoms with Crippen LogP contribution in [0.2, 0.25) is 0 Å². The van der Waals surface area contributed by atoms with Gasteiger partial charge in [-0.15, -0.1) is 0 Å². The molecule has 1 aliphatic rings. The van der Waals surface area contributed by atoms with Crippen LogP contribution in [0.15, 0.2) is 0 Å². The Bertz CT molecular complexity index is 109. The summed E-state index contributed by atoms with van der Waals surface area (Å²) in [4.78, 5) is 0. The topological polar surface area (TPSA) is 29.5 Å². The lowest BCUT2D eigenvalue weighted by atomic mass is 9.87. The van der Waals surface area contributed by atoms with Gasteiger partial charge in [0.15, 0.2) is 0 Å². The Morgan fingerprint density at radius 2 is 1.85 bits per heavy atom. The van der Waals surface area contributed by atoms with E-state index in [1.165, 1.54) is 38.5 Å². The van der Waals surface area contributed by atoms with Crippen LogP contribution < -0.4 is 0 Å². The first-order valence-electron chi connectivity index (χ1n) is 5.62. The molecule has 1 aliphatic carbocycles. The minimum atomic E-state index is 0.253. The van der Waals surface area contributed by atoms with Crippen LogP contribution in [-0.2, 0) is 4.74 Å². The minimum Gasteiger partial charge on any atom is -0.396 e. The average Bonchev–Trinajstić information content (AvgIpc) is 2.19. The van der Waals surface area contributed by atoms with Crippen molar-refractivity contribution in [3.63, 3.8) is 0 Å². The molecule has 0 unspecified atom stereocenters. The molecule has 0 aliphatic heterocycles. The molecule has 0 atom stereocenters. The maximum atomic E-state index is 8.53. The zero-order chi connectivity index (χ0) is 9.36. The van der Waals surface area contributed by atoms with Crippen molar-refractivity contribution in [1.29, 1.82) is 0 Å². The number of hydrogen-bond donors (Lipinski definition) is 1. The van der Waals surface area contributed by atoms with E-state index in [4.69, 9.17) is 9.84 Å². The summed E-state index contributed by atoms with van der Waals surface area (Å²) in [6, 6.07) is 0. The van der Waals surface area contributed by atoms with Crippen molar-refractivity contribution in [3.8, 4) is 0 Å². The summed E-state index contributed by atoms with van der Waals surface area (Å²) in [5.41, 5.74) is 0. The molecule has 2 nitrogen and oxygen atoms in total. The largest absolute Gasteiger partial charge is 0.396 e. The predicted molar refractivity (Wildman–Crippen MR) is 53.7 cm³/mol. The van der Waals surface area contributed by atoms with Gasteiger partial charge in [-0.05, 0) is 18.8 Å². The Morgan fingerprint density at radius 1 is 1.08 bits per heavy atom. The van der Waals surface area contributed by atoms with Gasteiger partial charge in [0.1, 0.15) is 0 Å². The van der Waals surface area contributed by atoms with Gasteiger partial charge < -0.3 is 9.84 Å². The Balaban J connectivity index is 1.86. The van der Waals surface area contributed by atoms with E-state index in [2.05, 4.69) is 0 Å². The molecule has 0 aromatic rings. The molecular formula is C11H22O2. The number of rotatable bonds is 6. The van der Waals surface area contributed by atoms with E-state index in [1.54, 1.807) is 0 Å². The summed E-state index contributed by atoms with van der Waals surface area (Å²) in [6.45, 7) is 1.87. The van der Waals surface area contributed by atoms with Crippen LogP contribution in [0.25, 0.3) is 0 Å². The lowest BCUT2D eigenvalue weighted by Crippen LogP contribution is -2.10. The molecule has 0 bridgehead atoms. The second-order valence-corrected chi connectivity index (χ2v) is 3.98. The molecule has 13 heavy (non-hydrogen) atoms. The Kier molecular flexibility index (Phi) is 6.21. The smallest absolute Gasteiger partial charge is 0.0487 e. The Morgan fingerprint density at radius 3 is 2.54 bits per heavy atom. The fraction of sp³-hybridized carbons (Fsp3) is 1.00. The SMILES string of the molecule is OCCCOCCC1CCCCC1. The van der Waals surface area contributed by atoms with Crippen molar-refractivity contribution in [3.05, 3.63) is 0 Å². The zero-order valence-electron chi connectivity index (χ0n) is 8.50. The second kappa shape index (κ2) is 7.34. The predicted octanol–water partition coefficient (Wildman–Crippen LogP) is 2.36. The van der Waals surface area contributed by atoms with Gasteiger partial charge in [0.05, 0.1) is 0 Å². The molecule has 1 saturated carbocycles. The van der Waals surface area contributed by atoms with Crippen LogP contribution in [0, 0.1) is 5.92 Å². The molecule has 1 N–H and O–H groups in total. The second-order valence-electron chi connectivity index (χ2n) is 3.98. The molecule has 0 spiro atoms. The molecule has 1 fully saturated rings. The molecule has 0 heterocycles. The summed E-state index contributed by atoms with van der Waals surface area (Å²) in [5.74, 6) is 0.919. The summed E-state index contributed by atoms with van der Waals surface area (Å²) >= 11 is 0. The van der Waals surface area contributed by atoms with Crippen molar-refractivity contribution in [2.75, 3.05) is 19.8 Å². The van der Waals surface area contributed by atoms with E-state index < -0.39 is 0 Å². The molecule has 0 aromatic carbocycles. The quantitative estimate of drug-likeness (QED) is 0.645. The summed E-state index contributed by atoms with van der Waals surface area (Å²) in [7, 11) is 0. The van der Waals surface area contributed by atoms with Crippen LogP contribution >= 0.6 is 0 Å². The molecule has 0 aromatic heterocycles. The molecule has 1 rings (SSSR count). The van der Waals surface area contributed by atoms with Gasteiger partial charge in [-0.1, -0.05) is 32.1 Å². The van der Waals surface area contributed by atoms with Crippen molar-refractivity contribution >= 4 is 0 Å². The van der Waals surface area contributed by atoms with E-state index >= 15 is 0 Å². The van der Waals surface area contributed by atoms with Gasteiger partial charge in [0.2, 0.25) is 0 Å². The van der Waals surface area contributed by atoms with Crippen LogP contribution in [0.5, 0.6) is 0 Å². The third kappa shape index (κ3) is 5.27. The molecular weight excluding hydrogens is 164 g/mol. The van der Waals surface area contributed by atoms with E-state index in [9.17, 15) is 0 Å². The van der Waals surface area contributed by atoms with Gasteiger partial charge >= 0.3 is 0 Å². The highest BCUT2D eigenvalue weighted by molar-refractivity contribution is 4.65. The van der Waals surface area contributed by atoms with E-state index in [1.807, 2.05) is 0 Å². The lowest BCUT2D eigenvalue weighted by molar-refractivity contribution is 0.0996. The van der Waals surface area contributed by atoms with Gasteiger partial charge in [0, 0.05) is 19.8 Å². The maximum absolute atomic E-state index is 8.53. The van der Waals surface area contributed by atoms with E-state index in [-0.39, 0.29) is 6.61 Å². The molecule has 0 amide bonds. The number of aliphatic hydroxyl groups is 1. The van der Waals surface area contributed by atoms with E-state index in [0.717, 1.165) is 25.6 Å². The highest BCUT2D eigenvalue weighted by Gasteiger charge is 2.12. The van der Waals surface area contributed by atoms with Gasteiger partial charge in [0.25, 0.3) is 0 Å². The lowest BCUT2D eigenvalue weighted by Gasteiger charge is -2.21. The fourth-order valence-electron chi connectivity index (χ4n) is 1.99. The minimum absolute atomic E-state index is 0.253. The molecule has 78 valence electrons. The van der Waals surface area contributed by atoms with Crippen molar-refractivity contribution in [2.24, 2.45) is 5.92 Å². The summed E-state index contributed by atoms with van der Waals surface area (Å²) in [5, 5.41) is 8.53. The third-order valence-corrected chi connectivity index (χ3v) is 2.84. The molecule has 0 saturated heterocycles. The Labute approximate surface area is 81.3 Å². The van der Waals surface area contributed by atoms with Crippen LogP contribution in [0.1, 0.15) is 44.9 Å². The van der Waals surface area contributed by atoms with Gasteiger partial charge in [-0.25, -0.2) is 0 Å². The fourth-order valence-corrected chi connectivity index (χ4v) is 1.99. The zero-order valence-corrected chi connectivity index (χ0v) is 8.50. The van der Waals surface area contributed by atoms with Crippen LogP contribution in [0.3, 0.4) is 0 Å². The maximum Gasteiger partial charge on any atom is 0.0487 e. The molecule has 2 heteroatoms. The highest BCUT2D eigenvalue weighted by Crippen LogP contribution is 2.25. The standard InChI is InChI=1S/C11H22O2/c12-8-4-9-13-10-7-11-5-2-1-3-6-11/h11-12H,1-10H2. The first kappa shape index (κ1) is 11.0. The number of ether oxygens (including phenoxy) is 1. The summed E-state index contributed by atoms with van der Waals surface area (Å²) in [6.07, 6.45) is 9.09. The van der Waals surface area contributed by atoms with E-state index in [0.29, 0.717) is 0 Å². The van der Waals surface area contributed by atoms with Crippen LogP contribution in [0.4, 0.5) is 0 Å². The first-order chi connectivity index (χ1) is 6.43. The number of hydrogen-bond acceptors (Lipinski definition) is 2. The van der Waals surface area contributed by atoms with Crippen molar-refractivity contribution < 1.29 is 9.84 Å². The van der Waals surface area contributed by atoms with Crippen molar-refractivity contribution in [1.82, 2.24) is 0 Å². The monoisotopic (exact) mass is 186 g/mol. The average molecular weight is 186 g/mol. The number of aliphatic hydroxyl groups excluding tert-OH is 1. The summed E-state index contributed by atoms with van der Waals surface area (Å²) < 4.78 is 5.42. The van der Waals surface area contributed by atoms with Gasteiger partial charge in [-0.3, -0.25) is 0 Å². The van der Waals surface area contributed by atoms with Crippen LogP contribution in [-0.4, -0.2) is 24.9 Å². The van der Waals surface area contributed by atoms with Gasteiger partial charge in [-0.2, -0.15) is 0 Å². The Hall–Kier alpha value is -0.0800. The normalized spacial score (nSPS) is 19.2.